The Hall–Kier alpha value is -2.37. The van der Waals surface area contributed by atoms with E-state index in [9.17, 15) is 14.4 Å². The smallest absolute Gasteiger partial charge is 0.325 e. The number of nitrogens with one attached hydrogen (secondary N) is 1. The molecule has 1 aliphatic carbocycles. The third kappa shape index (κ3) is 3.20. The maximum atomic E-state index is 12.9. The Bertz CT molecular complexity index is 706. The molecule has 0 atom stereocenters. The van der Waals surface area contributed by atoms with Crippen molar-refractivity contribution in [3.05, 3.63) is 29.8 Å². The Balaban J connectivity index is 1.67. The maximum Gasteiger partial charge on any atom is 0.327 e. The highest BCUT2D eigenvalue weighted by molar-refractivity contribution is 6.10. The van der Waals surface area contributed by atoms with E-state index >= 15 is 0 Å². The summed E-state index contributed by atoms with van der Waals surface area (Å²) < 4.78 is 0. The van der Waals surface area contributed by atoms with E-state index in [1.54, 1.807) is 11.9 Å². The van der Waals surface area contributed by atoms with Crippen molar-refractivity contribution in [2.45, 2.75) is 57.4 Å². The summed E-state index contributed by atoms with van der Waals surface area (Å²) >= 11 is 0. The molecular weight excluding hydrogens is 330 g/mol. The number of carbonyl (C=O) groups excluding carboxylic acids is 3. The molecule has 3 rings (SSSR count). The highest BCUT2D eigenvalue weighted by atomic mass is 16.2. The second-order valence-electron chi connectivity index (χ2n) is 7.65. The van der Waals surface area contributed by atoms with Crippen molar-refractivity contribution < 1.29 is 14.4 Å². The van der Waals surface area contributed by atoms with E-state index in [0.717, 1.165) is 24.2 Å². The largest absolute Gasteiger partial charge is 0.327 e. The summed E-state index contributed by atoms with van der Waals surface area (Å²) in [6.07, 6.45) is 4.33. The molecule has 1 spiro atoms. The van der Waals surface area contributed by atoms with Gasteiger partial charge in [0.2, 0.25) is 5.91 Å². The van der Waals surface area contributed by atoms with E-state index < -0.39 is 5.54 Å². The fraction of sp³-hybridized carbons (Fsp3) is 0.550. The van der Waals surface area contributed by atoms with Crippen LogP contribution >= 0.6 is 0 Å². The molecule has 6 heteroatoms. The summed E-state index contributed by atoms with van der Waals surface area (Å²) in [6.45, 7) is 3.97. The lowest BCUT2D eigenvalue weighted by Gasteiger charge is -2.35. The molecule has 26 heavy (non-hydrogen) atoms. The van der Waals surface area contributed by atoms with Gasteiger partial charge in [0, 0.05) is 12.7 Å². The second-order valence-corrected chi connectivity index (χ2v) is 7.65. The number of urea groups is 1. The molecule has 0 unspecified atom stereocenters. The van der Waals surface area contributed by atoms with Crippen LogP contribution in [0, 0.1) is 0 Å². The highest BCUT2D eigenvalue weighted by Crippen LogP contribution is 2.39. The lowest BCUT2D eigenvalue weighted by Crippen LogP contribution is -2.49. The van der Waals surface area contributed by atoms with Gasteiger partial charge in [0.25, 0.3) is 5.91 Å². The monoisotopic (exact) mass is 357 g/mol. The molecule has 2 fully saturated rings. The van der Waals surface area contributed by atoms with Crippen LogP contribution in [-0.4, -0.2) is 46.8 Å². The number of rotatable bonds is 4. The molecule has 1 aromatic carbocycles. The number of hydrogen-bond donors (Lipinski definition) is 1. The van der Waals surface area contributed by atoms with E-state index in [0.29, 0.717) is 24.4 Å². The van der Waals surface area contributed by atoms with Gasteiger partial charge in [-0.15, -0.1) is 0 Å². The number of hydrogen-bond acceptors (Lipinski definition) is 3. The minimum Gasteiger partial charge on any atom is -0.325 e. The zero-order chi connectivity index (χ0) is 18.9. The Morgan fingerprint density at radius 1 is 1.12 bits per heavy atom. The molecule has 0 bridgehead atoms. The summed E-state index contributed by atoms with van der Waals surface area (Å²) in [4.78, 5) is 40.5. The molecule has 0 aromatic heterocycles. The SMILES string of the molecule is CC(C)c1ccc(NC(=O)CN2C(=O)N(C)C3(CCCCC3)C2=O)cc1. The van der Waals surface area contributed by atoms with Gasteiger partial charge in [0.1, 0.15) is 12.1 Å². The van der Waals surface area contributed by atoms with Gasteiger partial charge < -0.3 is 10.2 Å². The molecule has 1 N–H and O–H groups in total. The van der Waals surface area contributed by atoms with Crippen LogP contribution in [0.1, 0.15) is 57.4 Å². The number of carbonyl (C=O) groups is 3. The molecule has 1 aromatic rings. The predicted octanol–water partition coefficient (Wildman–Crippen LogP) is 3.35. The molecule has 1 heterocycles. The van der Waals surface area contributed by atoms with Crippen LogP contribution in [0.3, 0.4) is 0 Å². The van der Waals surface area contributed by atoms with Crippen molar-refractivity contribution >= 4 is 23.5 Å². The fourth-order valence-electron chi connectivity index (χ4n) is 3.97. The van der Waals surface area contributed by atoms with Crippen molar-refractivity contribution in [3.8, 4) is 0 Å². The Labute approximate surface area is 154 Å². The molecule has 1 saturated carbocycles. The van der Waals surface area contributed by atoms with Crippen molar-refractivity contribution in [1.82, 2.24) is 9.80 Å². The van der Waals surface area contributed by atoms with Gasteiger partial charge in [0.05, 0.1) is 0 Å². The number of benzene rings is 1. The van der Waals surface area contributed by atoms with Crippen LogP contribution in [-0.2, 0) is 9.59 Å². The molecule has 4 amide bonds. The average molecular weight is 357 g/mol. The van der Waals surface area contributed by atoms with Crippen LogP contribution < -0.4 is 5.32 Å². The minimum atomic E-state index is -0.742. The van der Waals surface area contributed by atoms with Crippen LogP contribution in [0.25, 0.3) is 0 Å². The highest BCUT2D eigenvalue weighted by Gasteiger charge is 2.55. The molecule has 0 radical (unpaired) electrons. The van der Waals surface area contributed by atoms with Crippen molar-refractivity contribution in [1.29, 1.82) is 0 Å². The zero-order valence-corrected chi connectivity index (χ0v) is 15.7. The quantitative estimate of drug-likeness (QED) is 0.840. The zero-order valence-electron chi connectivity index (χ0n) is 15.7. The Morgan fingerprint density at radius 2 is 1.73 bits per heavy atom. The Kier molecular flexibility index (Phi) is 5.03. The second kappa shape index (κ2) is 7.09. The molecule has 6 nitrogen and oxygen atoms in total. The fourth-order valence-corrected chi connectivity index (χ4v) is 3.97. The van der Waals surface area contributed by atoms with E-state index in [4.69, 9.17) is 0 Å². The lowest BCUT2D eigenvalue weighted by molar-refractivity contribution is -0.136. The molecule has 1 saturated heterocycles. The van der Waals surface area contributed by atoms with E-state index in [2.05, 4.69) is 19.2 Å². The summed E-state index contributed by atoms with van der Waals surface area (Å²) in [5, 5.41) is 2.78. The van der Waals surface area contributed by atoms with Crippen molar-refractivity contribution in [2.75, 3.05) is 18.9 Å². The number of amides is 4. The normalized spacial score (nSPS) is 19.5. The van der Waals surface area contributed by atoms with E-state index in [-0.39, 0.29) is 24.4 Å². The van der Waals surface area contributed by atoms with Crippen LogP contribution in [0.2, 0.25) is 0 Å². The van der Waals surface area contributed by atoms with E-state index in [1.807, 2.05) is 24.3 Å². The third-order valence-electron chi connectivity index (χ3n) is 5.65. The van der Waals surface area contributed by atoms with Gasteiger partial charge in [-0.3, -0.25) is 14.5 Å². The maximum absolute atomic E-state index is 12.9. The molecule has 1 aliphatic heterocycles. The first-order chi connectivity index (χ1) is 12.3. The first-order valence-electron chi connectivity index (χ1n) is 9.35. The molecule has 2 aliphatic rings. The summed E-state index contributed by atoms with van der Waals surface area (Å²) in [5.41, 5.74) is 1.11. The predicted molar refractivity (Wildman–Crippen MR) is 99.8 cm³/mol. The Morgan fingerprint density at radius 3 is 2.31 bits per heavy atom. The van der Waals surface area contributed by atoms with Crippen LogP contribution in [0.4, 0.5) is 10.5 Å². The van der Waals surface area contributed by atoms with Crippen molar-refractivity contribution in [2.24, 2.45) is 0 Å². The molecular formula is C20H27N3O3. The van der Waals surface area contributed by atoms with Gasteiger partial charge in [-0.1, -0.05) is 45.2 Å². The van der Waals surface area contributed by atoms with Gasteiger partial charge in [-0.2, -0.15) is 0 Å². The average Bonchev–Trinajstić information content (AvgIpc) is 2.79. The van der Waals surface area contributed by atoms with Gasteiger partial charge >= 0.3 is 6.03 Å². The third-order valence-corrected chi connectivity index (χ3v) is 5.65. The van der Waals surface area contributed by atoms with Gasteiger partial charge in [-0.05, 0) is 36.5 Å². The first kappa shape index (κ1) is 18.4. The topological polar surface area (TPSA) is 69.7 Å². The summed E-state index contributed by atoms with van der Waals surface area (Å²) in [5.74, 6) is -0.165. The number of anilines is 1. The van der Waals surface area contributed by atoms with Crippen molar-refractivity contribution in [3.63, 3.8) is 0 Å². The standard InChI is InChI=1S/C20H27N3O3/c1-14(2)15-7-9-16(10-8-15)21-17(24)13-23-18(25)20(22(3)19(23)26)11-5-4-6-12-20/h7-10,14H,4-6,11-13H2,1-3H3,(H,21,24). The van der Waals surface area contributed by atoms with Gasteiger partial charge in [-0.25, -0.2) is 4.79 Å². The summed E-state index contributed by atoms with van der Waals surface area (Å²) in [7, 11) is 1.67. The summed E-state index contributed by atoms with van der Waals surface area (Å²) in [6, 6.07) is 7.25. The lowest BCUT2D eigenvalue weighted by atomic mass is 9.81. The minimum absolute atomic E-state index is 0.227. The van der Waals surface area contributed by atoms with Crippen LogP contribution in [0.15, 0.2) is 24.3 Å². The number of imide groups is 1. The molecule has 140 valence electrons. The first-order valence-corrected chi connectivity index (χ1v) is 9.35. The van der Waals surface area contributed by atoms with E-state index in [1.165, 1.54) is 5.56 Å². The number of likely N-dealkylation sites (N-methyl/N-ethyl adjacent to an activating group) is 1. The number of nitrogens with zero attached hydrogens (tertiary/aromatic N) is 2. The van der Waals surface area contributed by atoms with Gasteiger partial charge in [0.15, 0.2) is 0 Å². The van der Waals surface area contributed by atoms with Crippen LogP contribution in [0.5, 0.6) is 0 Å².